The topological polar surface area (TPSA) is 124 Å². The maximum Gasteiger partial charge on any atom is 0.253 e. The number of hydrogen-bond acceptors (Lipinski definition) is 5. The zero-order valence-corrected chi connectivity index (χ0v) is 23.5. The summed E-state index contributed by atoms with van der Waals surface area (Å²) in [5.74, 6) is -0.686. The lowest BCUT2D eigenvalue weighted by molar-refractivity contribution is -0.139. The fraction of sp³-hybridized carbons (Fsp3) is 0.400. The van der Waals surface area contributed by atoms with E-state index in [2.05, 4.69) is 15.6 Å². The van der Waals surface area contributed by atoms with E-state index in [-0.39, 0.29) is 55.0 Å². The Bertz CT molecular complexity index is 1540. The zero-order valence-electron chi connectivity index (χ0n) is 22.7. The second-order valence-electron chi connectivity index (χ2n) is 11.0. The van der Waals surface area contributed by atoms with Gasteiger partial charge in [0.1, 0.15) is 5.75 Å². The van der Waals surface area contributed by atoms with Crippen LogP contribution in [0.1, 0.15) is 21.5 Å². The third-order valence-electron chi connectivity index (χ3n) is 8.57. The van der Waals surface area contributed by atoms with Crippen LogP contribution in [0.3, 0.4) is 0 Å². The van der Waals surface area contributed by atoms with Crippen LogP contribution in [0.4, 0.5) is 0 Å². The van der Waals surface area contributed by atoms with E-state index in [0.717, 1.165) is 34.2 Å². The number of piperidine rings is 1. The molecule has 4 amide bonds. The van der Waals surface area contributed by atoms with Crippen LogP contribution in [-0.4, -0.2) is 84.8 Å². The Hall–Kier alpha value is -4.05. The molecule has 3 atom stereocenters. The Labute approximate surface area is 242 Å². The van der Waals surface area contributed by atoms with Gasteiger partial charge in [-0.15, -0.1) is 0 Å². The highest BCUT2D eigenvalue weighted by atomic mass is 35.5. The maximum atomic E-state index is 13.6. The van der Waals surface area contributed by atoms with E-state index >= 15 is 0 Å². The van der Waals surface area contributed by atoms with Crippen molar-refractivity contribution in [3.8, 4) is 5.75 Å². The van der Waals surface area contributed by atoms with Gasteiger partial charge in [-0.2, -0.15) is 0 Å². The van der Waals surface area contributed by atoms with Gasteiger partial charge in [-0.25, -0.2) is 0 Å². The summed E-state index contributed by atoms with van der Waals surface area (Å²) in [6.45, 7) is 2.02. The number of H-pyrrole nitrogens is 1. The molecule has 0 saturated carbocycles. The van der Waals surface area contributed by atoms with Crippen LogP contribution in [-0.2, 0) is 27.2 Å². The lowest BCUT2D eigenvalue weighted by Crippen LogP contribution is -2.54. The summed E-state index contributed by atoms with van der Waals surface area (Å²) in [5, 5.41) is 6.77. The Morgan fingerprint density at radius 3 is 2.71 bits per heavy atom. The lowest BCUT2D eigenvalue weighted by Gasteiger charge is -2.39. The van der Waals surface area contributed by atoms with Crippen LogP contribution in [0.25, 0.3) is 10.9 Å². The third-order valence-corrected chi connectivity index (χ3v) is 8.80. The van der Waals surface area contributed by atoms with Crippen molar-refractivity contribution >= 4 is 46.1 Å². The summed E-state index contributed by atoms with van der Waals surface area (Å²) < 4.78 is 5.58. The highest BCUT2D eigenvalue weighted by Gasteiger charge is 2.47. The summed E-state index contributed by atoms with van der Waals surface area (Å²) in [5.41, 5.74) is 3.33. The Morgan fingerprint density at radius 1 is 1.05 bits per heavy atom. The molecule has 10 nitrogen and oxygen atoms in total. The molecule has 3 aliphatic heterocycles. The van der Waals surface area contributed by atoms with E-state index in [9.17, 15) is 19.2 Å². The quantitative estimate of drug-likeness (QED) is 0.413. The summed E-state index contributed by atoms with van der Waals surface area (Å²) in [6, 6.07) is 11.0. The van der Waals surface area contributed by atoms with E-state index < -0.39 is 5.92 Å². The fourth-order valence-corrected chi connectivity index (χ4v) is 6.56. The molecule has 0 bridgehead atoms. The molecular formula is C30H32ClN5O5. The first-order valence-electron chi connectivity index (χ1n) is 13.9. The number of likely N-dealkylation sites (N-methyl/N-ethyl adjacent to an activating group) is 1. The number of rotatable bonds is 6. The SMILES string of the molecule is CNC(=O)CNC(=O)C1CN(C(=O)Cc2c[nH]c3cc(Cl)ccc23)CC2CN(C(=O)c3ccc4c(c3)CCO4)CC21. The van der Waals surface area contributed by atoms with Crippen molar-refractivity contribution in [1.82, 2.24) is 25.4 Å². The Morgan fingerprint density at radius 2 is 1.88 bits per heavy atom. The molecule has 2 fully saturated rings. The predicted molar refractivity (Wildman–Crippen MR) is 153 cm³/mol. The number of nitrogens with one attached hydrogen (secondary N) is 3. The van der Waals surface area contributed by atoms with E-state index in [1.165, 1.54) is 7.05 Å². The lowest BCUT2D eigenvalue weighted by atomic mass is 9.79. The van der Waals surface area contributed by atoms with Gasteiger partial charge < -0.3 is 30.2 Å². The molecule has 41 heavy (non-hydrogen) atoms. The third kappa shape index (κ3) is 5.36. The molecule has 3 N–H and O–H groups in total. The average molecular weight is 578 g/mol. The molecule has 11 heteroatoms. The first kappa shape index (κ1) is 27.1. The monoisotopic (exact) mass is 577 g/mol. The van der Waals surface area contributed by atoms with Crippen molar-refractivity contribution in [3.05, 3.63) is 64.3 Å². The van der Waals surface area contributed by atoms with Crippen molar-refractivity contribution in [2.45, 2.75) is 12.8 Å². The van der Waals surface area contributed by atoms with Gasteiger partial charge in [0.15, 0.2) is 0 Å². The molecule has 0 aliphatic carbocycles. The van der Waals surface area contributed by atoms with Crippen molar-refractivity contribution in [3.63, 3.8) is 0 Å². The molecule has 2 saturated heterocycles. The van der Waals surface area contributed by atoms with E-state index in [1.807, 2.05) is 30.5 Å². The van der Waals surface area contributed by atoms with Gasteiger partial charge in [0.25, 0.3) is 5.91 Å². The number of benzene rings is 2. The summed E-state index contributed by atoms with van der Waals surface area (Å²) in [6.07, 6.45) is 2.76. The van der Waals surface area contributed by atoms with Crippen LogP contribution in [0.5, 0.6) is 5.75 Å². The highest BCUT2D eigenvalue weighted by molar-refractivity contribution is 6.31. The van der Waals surface area contributed by atoms with E-state index in [0.29, 0.717) is 36.8 Å². The number of halogens is 1. The number of carbonyl (C=O) groups excluding carboxylic acids is 4. The first-order chi connectivity index (χ1) is 19.8. The van der Waals surface area contributed by atoms with Crippen LogP contribution in [0, 0.1) is 17.8 Å². The Kier molecular flexibility index (Phi) is 7.33. The second-order valence-corrected chi connectivity index (χ2v) is 11.5. The molecule has 214 valence electrons. The number of nitrogens with zero attached hydrogens (tertiary/aromatic N) is 2. The Balaban J connectivity index is 1.21. The molecule has 0 spiro atoms. The molecular weight excluding hydrogens is 546 g/mol. The van der Waals surface area contributed by atoms with Crippen molar-refractivity contribution < 1.29 is 23.9 Å². The number of hydrogen-bond donors (Lipinski definition) is 3. The summed E-state index contributed by atoms with van der Waals surface area (Å²) in [4.78, 5) is 59.0. The van der Waals surface area contributed by atoms with Gasteiger partial charge in [0, 0.05) is 67.3 Å². The number of fused-ring (bicyclic) bond motifs is 3. The molecule has 4 heterocycles. The van der Waals surface area contributed by atoms with Gasteiger partial charge in [-0.3, -0.25) is 19.2 Å². The minimum absolute atomic E-state index is 0.0630. The number of aromatic amines is 1. The molecule has 3 aliphatic rings. The standard InChI is InChI=1S/C30H32ClN5O5/c1-32-27(37)12-34-29(39)24-16-35(28(38)9-19-11-33-25-10-21(31)3-4-22(19)25)13-20-14-36(15-23(20)24)30(40)18-2-5-26-17(8-18)6-7-41-26/h2-5,8,10-11,20,23-24,33H,6-7,9,12-16H2,1H3,(H,32,37)(H,34,39). The maximum absolute atomic E-state index is 13.6. The van der Waals surface area contributed by atoms with Crippen LogP contribution in [0.2, 0.25) is 5.02 Å². The highest BCUT2D eigenvalue weighted by Crippen LogP contribution is 2.37. The van der Waals surface area contributed by atoms with Gasteiger partial charge in [0.2, 0.25) is 17.7 Å². The number of ether oxygens (including phenoxy) is 1. The first-order valence-corrected chi connectivity index (χ1v) is 14.2. The van der Waals surface area contributed by atoms with Crippen molar-refractivity contribution in [2.75, 3.05) is 46.4 Å². The summed E-state index contributed by atoms with van der Waals surface area (Å²) in [7, 11) is 1.51. The fourth-order valence-electron chi connectivity index (χ4n) is 6.39. The minimum atomic E-state index is -0.546. The van der Waals surface area contributed by atoms with Gasteiger partial charge in [0.05, 0.1) is 25.5 Å². The number of amides is 4. The molecule has 2 aromatic carbocycles. The van der Waals surface area contributed by atoms with Crippen molar-refractivity contribution in [1.29, 1.82) is 0 Å². The zero-order chi connectivity index (χ0) is 28.7. The largest absolute Gasteiger partial charge is 0.493 e. The molecule has 3 unspecified atom stereocenters. The van der Waals surface area contributed by atoms with Gasteiger partial charge >= 0.3 is 0 Å². The van der Waals surface area contributed by atoms with Crippen molar-refractivity contribution in [2.24, 2.45) is 17.8 Å². The number of likely N-dealkylation sites (tertiary alicyclic amines) is 2. The molecule has 3 aromatic rings. The predicted octanol–water partition coefficient (Wildman–Crippen LogP) is 2.01. The summed E-state index contributed by atoms with van der Waals surface area (Å²) >= 11 is 6.11. The van der Waals surface area contributed by atoms with E-state index in [4.69, 9.17) is 16.3 Å². The van der Waals surface area contributed by atoms with Crippen LogP contribution in [0.15, 0.2) is 42.6 Å². The molecule has 1 aromatic heterocycles. The normalized spacial score (nSPS) is 21.3. The van der Waals surface area contributed by atoms with Gasteiger partial charge in [-0.1, -0.05) is 17.7 Å². The number of aromatic nitrogens is 1. The number of carbonyl (C=O) groups is 4. The van der Waals surface area contributed by atoms with Gasteiger partial charge in [-0.05, 0) is 53.3 Å². The second kappa shape index (κ2) is 11.1. The van der Waals surface area contributed by atoms with Crippen LogP contribution < -0.4 is 15.4 Å². The van der Waals surface area contributed by atoms with Crippen LogP contribution >= 0.6 is 11.6 Å². The smallest absolute Gasteiger partial charge is 0.253 e. The minimum Gasteiger partial charge on any atom is -0.493 e. The molecule has 6 rings (SSSR count). The molecule has 0 radical (unpaired) electrons. The average Bonchev–Trinajstić information content (AvgIpc) is 3.72. The van der Waals surface area contributed by atoms with E-state index in [1.54, 1.807) is 21.9 Å².